The lowest BCUT2D eigenvalue weighted by Gasteiger charge is -2.41. The van der Waals surface area contributed by atoms with Crippen molar-refractivity contribution in [2.24, 2.45) is 23.7 Å². The molecule has 3 aliphatic carbocycles. The number of carboxylic acids is 1. The SMILES string of the molecule is COC(=O)c1cc(Cc2ccccc2)sc1NC(=O)[C@H]1[C@@H](C(=O)O)[C@H]2C=C[C@H]1CC2. The molecule has 7 heteroatoms. The van der Waals surface area contributed by atoms with E-state index in [0.717, 1.165) is 23.3 Å². The Morgan fingerprint density at radius 1 is 1.10 bits per heavy atom. The first-order chi connectivity index (χ1) is 14.5. The van der Waals surface area contributed by atoms with Crippen LogP contribution in [-0.4, -0.2) is 30.1 Å². The average Bonchev–Trinajstić information content (AvgIpc) is 3.15. The van der Waals surface area contributed by atoms with Crippen molar-refractivity contribution in [3.63, 3.8) is 0 Å². The molecule has 0 unspecified atom stereocenters. The number of rotatable bonds is 6. The Balaban J connectivity index is 1.60. The second kappa shape index (κ2) is 8.44. The minimum Gasteiger partial charge on any atom is -0.481 e. The highest BCUT2D eigenvalue weighted by Crippen LogP contribution is 2.45. The summed E-state index contributed by atoms with van der Waals surface area (Å²) in [4.78, 5) is 38.2. The smallest absolute Gasteiger partial charge is 0.340 e. The van der Waals surface area contributed by atoms with Gasteiger partial charge in [0.15, 0.2) is 0 Å². The predicted octanol–water partition coefficient (Wildman–Crippen LogP) is 3.98. The number of fused-ring (bicyclic) bond motifs is 2. The van der Waals surface area contributed by atoms with Crippen LogP contribution in [0.2, 0.25) is 0 Å². The third kappa shape index (κ3) is 3.89. The van der Waals surface area contributed by atoms with E-state index in [-0.39, 0.29) is 17.7 Å². The number of amides is 1. The molecule has 2 aromatic rings. The van der Waals surface area contributed by atoms with Crippen molar-refractivity contribution in [1.82, 2.24) is 0 Å². The number of anilines is 1. The Bertz CT molecular complexity index is 996. The van der Waals surface area contributed by atoms with Crippen molar-refractivity contribution >= 4 is 34.2 Å². The number of allylic oxidation sites excluding steroid dienone is 2. The minimum absolute atomic E-state index is 0.0959. The van der Waals surface area contributed by atoms with Gasteiger partial charge in [-0.15, -0.1) is 11.3 Å². The Hall–Kier alpha value is -2.93. The van der Waals surface area contributed by atoms with E-state index in [4.69, 9.17) is 4.74 Å². The van der Waals surface area contributed by atoms with E-state index in [1.54, 1.807) is 6.07 Å². The summed E-state index contributed by atoms with van der Waals surface area (Å²) in [6, 6.07) is 11.6. The molecule has 1 heterocycles. The van der Waals surface area contributed by atoms with Crippen molar-refractivity contribution < 1.29 is 24.2 Å². The third-order valence-electron chi connectivity index (χ3n) is 5.98. The fourth-order valence-corrected chi connectivity index (χ4v) is 5.65. The normalized spacial score (nSPS) is 24.4. The highest BCUT2D eigenvalue weighted by atomic mass is 32.1. The summed E-state index contributed by atoms with van der Waals surface area (Å²) in [6.45, 7) is 0. The molecule has 2 bridgehead atoms. The summed E-state index contributed by atoms with van der Waals surface area (Å²) >= 11 is 1.32. The van der Waals surface area contributed by atoms with Crippen LogP contribution in [-0.2, 0) is 20.7 Å². The average molecular weight is 426 g/mol. The summed E-state index contributed by atoms with van der Waals surface area (Å²) in [5.74, 6) is -3.42. The lowest BCUT2D eigenvalue weighted by molar-refractivity contribution is -0.151. The first-order valence-corrected chi connectivity index (χ1v) is 10.8. The molecule has 0 spiro atoms. The molecule has 1 aromatic heterocycles. The van der Waals surface area contributed by atoms with Gasteiger partial charge in [-0.25, -0.2) is 4.79 Å². The summed E-state index contributed by atoms with van der Waals surface area (Å²) in [5, 5.41) is 13.0. The zero-order chi connectivity index (χ0) is 21.3. The first kappa shape index (κ1) is 20.3. The number of ether oxygens (including phenoxy) is 1. The van der Waals surface area contributed by atoms with Crippen molar-refractivity contribution in [3.05, 3.63) is 64.6 Å². The molecule has 0 radical (unpaired) electrons. The minimum atomic E-state index is -0.946. The Morgan fingerprint density at radius 2 is 1.77 bits per heavy atom. The van der Waals surface area contributed by atoms with E-state index in [1.807, 2.05) is 42.5 Å². The van der Waals surface area contributed by atoms with E-state index >= 15 is 0 Å². The zero-order valence-electron chi connectivity index (χ0n) is 16.5. The number of carbonyl (C=O) groups excluding carboxylic acids is 2. The lowest BCUT2D eigenvalue weighted by Crippen LogP contribution is -2.47. The topological polar surface area (TPSA) is 92.7 Å². The third-order valence-corrected chi connectivity index (χ3v) is 7.03. The zero-order valence-corrected chi connectivity index (χ0v) is 17.4. The van der Waals surface area contributed by atoms with E-state index in [0.29, 0.717) is 17.0 Å². The molecular formula is C23H23NO5S. The molecule has 0 saturated heterocycles. The quantitative estimate of drug-likeness (QED) is 0.540. The Labute approximate surface area is 178 Å². The van der Waals surface area contributed by atoms with Crippen LogP contribution in [0.1, 0.15) is 33.6 Å². The molecule has 1 aromatic carbocycles. The molecule has 2 N–H and O–H groups in total. The second-order valence-corrected chi connectivity index (χ2v) is 8.92. The van der Waals surface area contributed by atoms with Gasteiger partial charge in [-0.05, 0) is 36.3 Å². The van der Waals surface area contributed by atoms with Gasteiger partial charge in [0.25, 0.3) is 0 Å². The van der Waals surface area contributed by atoms with Gasteiger partial charge in [-0.3, -0.25) is 9.59 Å². The second-order valence-electron chi connectivity index (χ2n) is 7.78. The number of thiophene rings is 1. The molecule has 1 amide bonds. The number of hydrogen-bond donors (Lipinski definition) is 2. The fourth-order valence-electron chi connectivity index (χ4n) is 4.56. The van der Waals surface area contributed by atoms with Gasteiger partial charge < -0.3 is 15.2 Å². The standard InChI is InChI=1S/C23H23NO5S/c1-29-23(28)17-12-16(11-13-5-3-2-4-6-13)30-21(17)24-20(25)18-14-7-9-15(10-8-14)19(18)22(26)27/h2-7,9,12,14-15,18-19H,8,10-11H2,1H3,(H,24,25)(H,26,27)/t14-,15-,18+,19-/m0/s1. The maximum atomic E-state index is 13.1. The monoisotopic (exact) mass is 425 g/mol. The van der Waals surface area contributed by atoms with Crippen molar-refractivity contribution in [3.8, 4) is 0 Å². The maximum absolute atomic E-state index is 13.1. The molecule has 5 rings (SSSR count). The van der Waals surface area contributed by atoms with Gasteiger partial charge in [0.05, 0.1) is 24.5 Å². The molecular weight excluding hydrogens is 402 g/mol. The number of aliphatic carboxylic acids is 1. The van der Waals surface area contributed by atoms with Crippen LogP contribution >= 0.6 is 11.3 Å². The van der Waals surface area contributed by atoms with Crippen LogP contribution in [0.15, 0.2) is 48.6 Å². The van der Waals surface area contributed by atoms with Crippen LogP contribution in [0.4, 0.5) is 5.00 Å². The molecule has 4 atom stereocenters. The summed E-state index contributed by atoms with van der Waals surface area (Å²) in [6.07, 6.45) is 6.11. The van der Waals surface area contributed by atoms with E-state index in [9.17, 15) is 19.5 Å². The van der Waals surface area contributed by atoms with Crippen LogP contribution in [0.3, 0.4) is 0 Å². The molecule has 156 valence electrons. The molecule has 1 saturated carbocycles. The Kier molecular flexibility index (Phi) is 5.72. The van der Waals surface area contributed by atoms with Gasteiger partial charge in [-0.1, -0.05) is 42.5 Å². The highest BCUT2D eigenvalue weighted by molar-refractivity contribution is 7.16. The first-order valence-electron chi connectivity index (χ1n) is 9.95. The van der Waals surface area contributed by atoms with E-state index in [1.165, 1.54) is 18.4 Å². The number of esters is 1. The van der Waals surface area contributed by atoms with E-state index in [2.05, 4.69) is 5.32 Å². The molecule has 0 aliphatic heterocycles. The molecule has 30 heavy (non-hydrogen) atoms. The fraction of sp³-hybridized carbons (Fsp3) is 0.348. The van der Waals surface area contributed by atoms with Gasteiger partial charge in [0, 0.05) is 11.3 Å². The highest BCUT2D eigenvalue weighted by Gasteiger charge is 2.48. The van der Waals surface area contributed by atoms with Crippen LogP contribution in [0, 0.1) is 23.7 Å². The van der Waals surface area contributed by atoms with E-state index < -0.39 is 23.8 Å². The van der Waals surface area contributed by atoms with Gasteiger partial charge in [0.1, 0.15) is 5.00 Å². The number of benzene rings is 1. The molecule has 3 aliphatic rings. The lowest BCUT2D eigenvalue weighted by atomic mass is 9.62. The molecule has 1 fully saturated rings. The number of methoxy groups -OCH3 is 1. The van der Waals surface area contributed by atoms with Crippen LogP contribution in [0.5, 0.6) is 0 Å². The maximum Gasteiger partial charge on any atom is 0.340 e. The van der Waals surface area contributed by atoms with Gasteiger partial charge in [0.2, 0.25) is 5.91 Å². The number of nitrogens with one attached hydrogen (secondary N) is 1. The number of hydrogen-bond acceptors (Lipinski definition) is 5. The van der Waals surface area contributed by atoms with Crippen LogP contribution < -0.4 is 5.32 Å². The van der Waals surface area contributed by atoms with Crippen molar-refractivity contribution in [2.75, 3.05) is 12.4 Å². The van der Waals surface area contributed by atoms with Crippen LogP contribution in [0.25, 0.3) is 0 Å². The number of carbonyl (C=O) groups is 3. The van der Waals surface area contributed by atoms with Gasteiger partial charge in [-0.2, -0.15) is 0 Å². The van der Waals surface area contributed by atoms with Gasteiger partial charge >= 0.3 is 11.9 Å². The summed E-state index contributed by atoms with van der Waals surface area (Å²) in [7, 11) is 1.30. The Morgan fingerprint density at radius 3 is 2.37 bits per heavy atom. The summed E-state index contributed by atoms with van der Waals surface area (Å²) in [5.41, 5.74) is 1.39. The predicted molar refractivity (Wildman–Crippen MR) is 114 cm³/mol. The largest absolute Gasteiger partial charge is 0.481 e. The van der Waals surface area contributed by atoms with Crippen molar-refractivity contribution in [1.29, 1.82) is 0 Å². The van der Waals surface area contributed by atoms with Crippen molar-refractivity contribution in [2.45, 2.75) is 19.3 Å². The number of carboxylic acid groups (broad SMARTS) is 1. The molecule has 6 nitrogen and oxygen atoms in total. The summed E-state index contributed by atoms with van der Waals surface area (Å²) < 4.78 is 4.89.